The molecule has 0 unspecified atom stereocenters. The van der Waals surface area contributed by atoms with Crippen LogP contribution in [0.2, 0.25) is 0 Å². The van der Waals surface area contributed by atoms with E-state index in [4.69, 9.17) is 11.1 Å². The van der Waals surface area contributed by atoms with Gasteiger partial charge in [-0.05, 0) is 24.1 Å². The molecule has 0 aliphatic carbocycles. The number of carbonyl (C=O) groups is 1. The molecule has 1 aromatic carbocycles. The average Bonchev–Trinajstić information content (AvgIpc) is 2.45. The van der Waals surface area contributed by atoms with Gasteiger partial charge in [-0.1, -0.05) is 0 Å². The molecule has 0 saturated heterocycles. The van der Waals surface area contributed by atoms with Gasteiger partial charge in [-0.2, -0.15) is 13.2 Å². The second kappa shape index (κ2) is 5.98. The highest BCUT2D eigenvalue weighted by Crippen LogP contribution is 2.31. The molecule has 4 nitrogen and oxygen atoms in total. The number of alkyl halides is 3. The van der Waals surface area contributed by atoms with Crippen LogP contribution in [-0.2, 0) is 6.42 Å². The number of benzene rings is 1. The second-order valence-corrected chi connectivity index (χ2v) is 5.00. The maximum atomic E-state index is 13.3. The third-order valence-corrected chi connectivity index (χ3v) is 3.52. The van der Waals surface area contributed by atoms with Crippen molar-refractivity contribution in [1.29, 1.82) is 5.41 Å². The molecular formula is C14H12F5N3O. The first-order valence-corrected chi connectivity index (χ1v) is 6.46. The Morgan fingerprint density at radius 1 is 1.35 bits per heavy atom. The summed E-state index contributed by atoms with van der Waals surface area (Å²) in [6.45, 7) is -1.58. The number of carbonyl (C=O) groups excluding carboxylic acids is 1. The van der Waals surface area contributed by atoms with Crippen molar-refractivity contribution in [2.75, 3.05) is 6.54 Å². The van der Waals surface area contributed by atoms with E-state index in [1.54, 1.807) is 0 Å². The molecule has 2 rings (SSSR count). The van der Waals surface area contributed by atoms with Gasteiger partial charge in [0.2, 0.25) is 0 Å². The number of nitrogens with two attached hydrogens (primary N) is 1. The van der Waals surface area contributed by atoms with E-state index in [-0.39, 0.29) is 23.1 Å². The molecule has 0 saturated carbocycles. The first-order valence-electron chi connectivity index (χ1n) is 6.46. The Bertz CT molecular complexity index is 684. The number of fused-ring (bicyclic) bond motifs is 1. The lowest BCUT2D eigenvalue weighted by atomic mass is 9.89. The zero-order chi connectivity index (χ0) is 17.4. The Kier molecular flexibility index (Phi) is 4.39. The van der Waals surface area contributed by atoms with Crippen LogP contribution in [0.5, 0.6) is 0 Å². The van der Waals surface area contributed by atoms with Gasteiger partial charge in [-0.15, -0.1) is 0 Å². The van der Waals surface area contributed by atoms with Gasteiger partial charge >= 0.3 is 6.18 Å². The standard InChI is InChI=1S/C14H12F5N3O/c15-10-1-7-2-12(8(4-20)5-21)22(6-14(17,18)19)13(23)9(7)3-11(10)16/h1,3-5,12,20H,2,6,21H2/t12-/m0/s1. The highest BCUT2D eigenvalue weighted by atomic mass is 19.4. The number of amides is 1. The minimum absolute atomic E-state index is 0.0296. The van der Waals surface area contributed by atoms with Crippen molar-refractivity contribution in [3.05, 3.63) is 46.7 Å². The lowest BCUT2D eigenvalue weighted by Gasteiger charge is -2.37. The van der Waals surface area contributed by atoms with Crippen molar-refractivity contribution < 1.29 is 26.7 Å². The second-order valence-electron chi connectivity index (χ2n) is 5.00. The number of halogens is 5. The summed E-state index contributed by atoms with van der Waals surface area (Å²) >= 11 is 0. The van der Waals surface area contributed by atoms with E-state index in [2.05, 4.69) is 0 Å². The Morgan fingerprint density at radius 3 is 2.48 bits per heavy atom. The van der Waals surface area contributed by atoms with Crippen LogP contribution >= 0.6 is 0 Å². The van der Waals surface area contributed by atoms with Gasteiger partial charge in [0.1, 0.15) is 6.54 Å². The highest BCUT2D eigenvalue weighted by molar-refractivity contribution is 5.98. The zero-order valence-corrected chi connectivity index (χ0v) is 11.6. The van der Waals surface area contributed by atoms with Gasteiger partial charge in [0.15, 0.2) is 11.6 Å². The van der Waals surface area contributed by atoms with Gasteiger partial charge < -0.3 is 16.0 Å². The number of rotatable bonds is 3. The summed E-state index contributed by atoms with van der Waals surface area (Å²) in [5.74, 6) is -3.61. The summed E-state index contributed by atoms with van der Waals surface area (Å²) in [4.78, 5) is 12.8. The molecule has 3 N–H and O–H groups in total. The van der Waals surface area contributed by atoms with E-state index in [9.17, 15) is 26.7 Å². The molecule has 124 valence electrons. The van der Waals surface area contributed by atoms with Crippen LogP contribution in [-0.4, -0.2) is 35.8 Å². The molecular weight excluding hydrogens is 321 g/mol. The van der Waals surface area contributed by atoms with Crippen LogP contribution in [0.1, 0.15) is 15.9 Å². The van der Waals surface area contributed by atoms with E-state index >= 15 is 0 Å². The summed E-state index contributed by atoms with van der Waals surface area (Å²) in [6.07, 6.45) is -3.25. The maximum Gasteiger partial charge on any atom is 0.406 e. The third kappa shape index (κ3) is 3.33. The Hall–Kier alpha value is -2.45. The van der Waals surface area contributed by atoms with E-state index in [0.717, 1.165) is 18.5 Å². The lowest BCUT2D eigenvalue weighted by Crippen LogP contribution is -2.51. The van der Waals surface area contributed by atoms with Crippen LogP contribution in [0.4, 0.5) is 22.0 Å². The van der Waals surface area contributed by atoms with Gasteiger partial charge in [0, 0.05) is 23.6 Å². The van der Waals surface area contributed by atoms with Gasteiger partial charge in [0.05, 0.1) is 6.04 Å². The number of hydrogen-bond donors (Lipinski definition) is 2. The quantitative estimate of drug-likeness (QED) is 0.659. The van der Waals surface area contributed by atoms with Crippen LogP contribution in [0.15, 0.2) is 23.9 Å². The monoisotopic (exact) mass is 333 g/mol. The van der Waals surface area contributed by atoms with Gasteiger partial charge in [-0.25, -0.2) is 8.78 Å². The van der Waals surface area contributed by atoms with Crippen LogP contribution in [0.3, 0.4) is 0 Å². The average molecular weight is 333 g/mol. The van der Waals surface area contributed by atoms with Crippen molar-refractivity contribution in [2.24, 2.45) is 5.73 Å². The largest absolute Gasteiger partial charge is 0.406 e. The van der Waals surface area contributed by atoms with E-state index < -0.39 is 36.3 Å². The minimum Gasteiger partial charge on any atom is -0.404 e. The molecule has 1 atom stereocenters. The number of hydrogen-bond acceptors (Lipinski definition) is 3. The molecule has 0 fully saturated rings. The lowest BCUT2D eigenvalue weighted by molar-refractivity contribution is -0.143. The normalized spacial score (nSPS) is 18.8. The number of nitrogens with one attached hydrogen (secondary N) is 1. The number of nitrogens with zero attached hydrogens (tertiary/aromatic N) is 1. The maximum absolute atomic E-state index is 13.3. The van der Waals surface area contributed by atoms with Crippen molar-refractivity contribution in [2.45, 2.75) is 18.6 Å². The summed E-state index contributed by atoms with van der Waals surface area (Å²) in [7, 11) is 0. The van der Waals surface area contributed by atoms with Crippen molar-refractivity contribution in [3.8, 4) is 0 Å². The topological polar surface area (TPSA) is 70.2 Å². The molecule has 0 radical (unpaired) electrons. The van der Waals surface area contributed by atoms with Crippen LogP contribution in [0.25, 0.3) is 0 Å². The zero-order valence-electron chi connectivity index (χ0n) is 11.6. The minimum atomic E-state index is -4.69. The Morgan fingerprint density at radius 2 is 1.96 bits per heavy atom. The van der Waals surface area contributed by atoms with E-state index in [0.29, 0.717) is 11.0 Å². The van der Waals surface area contributed by atoms with Crippen molar-refractivity contribution in [3.63, 3.8) is 0 Å². The van der Waals surface area contributed by atoms with E-state index in [1.165, 1.54) is 0 Å². The first-order chi connectivity index (χ1) is 10.7. The molecule has 1 aliphatic heterocycles. The van der Waals surface area contributed by atoms with Gasteiger partial charge in [0.25, 0.3) is 5.91 Å². The summed E-state index contributed by atoms with van der Waals surface area (Å²) in [6, 6.07) is 0.186. The first kappa shape index (κ1) is 16.9. The molecule has 1 aliphatic rings. The summed E-state index contributed by atoms with van der Waals surface area (Å²) in [5, 5.41) is 7.22. The molecule has 0 aromatic heterocycles. The Labute approximate surface area is 127 Å². The molecule has 1 heterocycles. The van der Waals surface area contributed by atoms with Crippen molar-refractivity contribution in [1.82, 2.24) is 4.90 Å². The molecule has 9 heteroatoms. The van der Waals surface area contributed by atoms with E-state index in [1.807, 2.05) is 0 Å². The molecule has 1 aromatic rings. The molecule has 1 amide bonds. The summed E-state index contributed by atoms with van der Waals surface area (Å²) in [5.41, 5.74) is 5.00. The molecule has 0 spiro atoms. The SMILES string of the molecule is N=CC(=CN)[C@@H]1Cc2cc(F)c(F)cc2C(=O)N1CC(F)(F)F. The van der Waals surface area contributed by atoms with Gasteiger partial charge in [-0.3, -0.25) is 4.79 Å². The van der Waals surface area contributed by atoms with Crippen LogP contribution in [0, 0.1) is 17.0 Å². The fourth-order valence-electron chi connectivity index (χ4n) is 2.50. The fraction of sp³-hybridized carbons (Fsp3) is 0.286. The summed E-state index contributed by atoms with van der Waals surface area (Å²) < 4.78 is 64.9. The van der Waals surface area contributed by atoms with Crippen LogP contribution < -0.4 is 5.73 Å². The smallest absolute Gasteiger partial charge is 0.404 e. The Balaban J connectivity index is 2.55. The third-order valence-electron chi connectivity index (χ3n) is 3.52. The predicted molar refractivity (Wildman–Crippen MR) is 72.0 cm³/mol. The molecule has 23 heavy (non-hydrogen) atoms. The fourth-order valence-corrected chi connectivity index (χ4v) is 2.50. The molecule has 0 bridgehead atoms. The van der Waals surface area contributed by atoms with Crippen molar-refractivity contribution >= 4 is 12.1 Å². The predicted octanol–water partition coefficient (Wildman–Crippen LogP) is 2.39. The highest BCUT2D eigenvalue weighted by Gasteiger charge is 2.41.